The molecule has 6 heteroatoms. The molecule has 1 saturated heterocycles. The zero-order valence-electron chi connectivity index (χ0n) is 5.73. The second kappa shape index (κ2) is 4.45. The molecule has 66 valence electrons. The molecule has 0 saturated carbocycles. The molecular formula is C5H8Cl3O2P. The second-order valence-corrected chi connectivity index (χ2v) is 4.83. The topological polar surface area (TPSA) is 18.5 Å². The first-order chi connectivity index (χ1) is 5.22. The number of halogens is 3. The van der Waals surface area contributed by atoms with Crippen molar-refractivity contribution in [2.24, 2.45) is 5.41 Å². The lowest BCUT2D eigenvalue weighted by molar-refractivity contribution is 0.0730. The molecule has 0 aliphatic carbocycles. The third-order valence-electron chi connectivity index (χ3n) is 1.51. The first kappa shape index (κ1) is 10.3. The quantitative estimate of drug-likeness (QED) is 0.543. The highest BCUT2D eigenvalue weighted by molar-refractivity contribution is 7.76. The maximum atomic E-state index is 5.70. The Morgan fingerprint density at radius 3 is 2.00 bits per heavy atom. The first-order valence-electron chi connectivity index (χ1n) is 3.06. The third-order valence-corrected chi connectivity index (χ3v) is 3.90. The highest BCUT2D eigenvalue weighted by Crippen LogP contribution is 2.50. The van der Waals surface area contributed by atoms with Crippen LogP contribution in [0.15, 0.2) is 0 Å². The van der Waals surface area contributed by atoms with Crippen LogP contribution >= 0.6 is 42.2 Å². The fourth-order valence-electron chi connectivity index (χ4n) is 0.644. The van der Waals surface area contributed by atoms with Crippen molar-refractivity contribution in [3.8, 4) is 0 Å². The molecule has 1 aliphatic heterocycles. The van der Waals surface area contributed by atoms with Gasteiger partial charge in [-0.15, -0.1) is 23.2 Å². The highest BCUT2D eigenvalue weighted by atomic mass is 35.7. The molecule has 0 aromatic carbocycles. The molecule has 1 fully saturated rings. The normalized spacial score (nSPS) is 25.4. The van der Waals surface area contributed by atoms with E-state index in [0.717, 1.165) is 0 Å². The van der Waals surface area contributed by atoms with Crippen LogP contribution in [0, 0.1) is 5.41 Å². The molecular weight excluding hydrogens is 229 g/mol. The van der Waals surface area contributed by atoms with E-state index in [-0.39, 0.29) is 5.41 Å². The van der Waals surface area contributed by atoms with Gasteiger partial charge in [0.15, 0.2) is 0 Å². The Kier molecular flexibility index (Phi) is 4.17. The van der Waals surface area contributed by atoms with Crippen LogP contribution in [0.25, 0.3) is 0 Å². The van der Waals surface area contributed by atoms with Crippen LogP contribution in [-0.4, -0.2) is 25.0 Å². The van der Waals surface area contributed by atoms with Gasteiger partial charge in [0.25, 0.3) is 7.73 Å². The van der Waals surface area contributed by atoms with Gasteiger partial charge in [-0.3, -0.25) is 0 Å². The Morgan fingerprint density at radius 1 is 1.18 bits per heavy atom. The molecule has 2 nitrogen and oxygen atoms in total. The van der Waals surface area contributed by atoms with Crippen molar-refractivity contribution in [2.75, 3.05) is 25.0 Å². The lowest BCUT2D eigenvalue weighted by Crippen LogP contribution is -2.37. The molecule has 1 heterocycles. The summed E-state index contributed by atoms with van der Waals surface area (Å²) in [5.41, 5.74) is -0.239. The molecule has 0 atom stereocenters. The number of rotatable bonds is 2. The maximum Gasteiger partial charge on any atom is 0.276 e. The standard InChI is InChI=1S/C5H8Cl3O2P/c6-1-5(2-7)3-9-11(8)10-4-5/h1-4H2. The van der Waals surface area contributed by atoms with Crippen molar-refractivity contribution in [2.45, 2.75) is 0 Å². The Bertz CT molecular complexity index is 121. The predicted octanol–water partition coefficient (Wildman–Crippen LogP) is 2.96. The maximum absolute atomic E-state index is 5.70. The van der Waals surface area contributed by atoms with E-state index < -0.39 is 7.73 Å². The summed E-state index contributed by atoms with van der Waals surface area (Å²) >= 11 is 17.0. The summed E-state index contributed by atoms with van der Waals surface area (Å²) < 4.78 is 10.2. The van der Waals surface area contributed by atoms with Crippen molar-refractivity contribution >= 4 is 42.2 Å². The van der Waals surface area contributed by atoms with Crippen molar-refractivity contribution in [1.82, 2.24) is 0 Å². The van der Waals surface area contributed by atoms with Gasteiger partial charge in [0.2, 0.25) is 0 Å². The van der Waals surface area contributed by atoms with E-state index in [1.54, 1.807) is 0 Å². The van der Waals surface area contributed by atoms with Crippen LogP contribution in [0.4, 0.5) is 0 Å². The van der Waals surface area contributed by atoms with Crippen LogP contribution in [-0.2, 0) is 9.05 Å². The number of hydrogen-bond acceptors (Lipinski definition) is 2. The van der Waals surface area contributed by atoms with Crippen LogP contribution in [0.5, 0.6) is 0 Å². The molecule has 0 radical (unpaired) electrons. The summed E-state index contributed by atoms with van der Waals surface area (Å²) in [7, 11) is -1.21. The van der Waals surface area contributed by atoms with Crippen molar-refractivity contribution < 1.29 is 9.05 Å². The SMILES string of the molecule is ClCC1(CCl)COP(Cl)OC1. The summed E-state index contributed by atoms with van der Waals surface area (Å²) in [6.45, 7) is 0.990. The molecule has 11 heavy (non-hydrogen) atoms. The fourth-order valence-corrected chi connectivity index (χ4v) is 2.36. The molecule has 0 aromatic heterocycles. The Balaban J connectivity index is 2.45. The molecule has 1 aliphatic rings. The molecule has 0 aromatic rings. The molecule has 0 N–H and O–H groups in total. The van der Waals surface area contributed by atoms with E-state index in [1.807, 2.05) is 0 Å². The first-order valence-corrected chi connectivity index (χ1v) is 6.21. The summed E-state index contributed by atoms with van der Waals surface area (Å²) in [5.74, 6) is 0.882. The minimum absolute atomic E-state index is 0.239. The Hall–Kier alpha value is 1.22. The minimum Gasteiger partial charge on any atom is -0.321 e. The monoisotopic (exact) mass is 236 g/mol. The second-order valence-electron chi connectivity index (χ2n) is 2.53. The van der Waals surface area contributed by atoms with Gasteiger partial charge >= 0.3 is 0 Å². The van der Waals surface area contributed by atoms with E-state index in [9.17, 15) is 0 Å². The summed E-state index contributed by atoms with van der Waals surface area (Å²) in [5, 5.41) is 0. The van der Waals surface area contributed by atoms with Gasteiger partial charge in [-0.25, -0.2) is 0 Å². The van der Waals surface area contributed by atoms with E-state index in [2.05, 4.69) is 0 Å². The van der Waals surface area contributed by atoms with Crippen molar-refractivity contribution in [1.29, 1.82) is 0 Å². The third kappa shape index (κ3) is 2.58. The predicted molar refractivity (Wildman–Crippen MR) is 48.6 cm³/mol. The number of hydrogen-bond donors (Lipinski definition) is 0. The zero-order chi connectivity index (χ0) is 8.32. The van der Waals surface area contributed by atoms with Gasteiger partial charge < -0.3 is 9.05 Å². The molecule has 0 bridgehead atoms. The largest absolute Gasteiger partial charge is 0.321 e. The summed E-state index contributed by atoms with van der Waals surface area (Å²) in [4.78, 5) is 0. The average Bonchev–Trinajstić information content (AvgIpc) is 2.07. The molecule has 0 unspecified atom stereocenters. The van der Waals surface area contributed by atoms with E-state index in [0.29, 0.717) is 25.0 Å². The molecule has 0 spiro atoms. The van der Waals surface area contributed by atoms with Crippen molar-refractivity contribution in [3.05, 3.63) is 0 Å². The molecule has 0 amide bonds. The Morgan fingerprint density at radius 2 is 1.64 bits per heavy atom. The Labute approximate surface area is 81.8 Å². The van der Waals surface area contributed by atoms with Crippen molar-refractivity contribution in [3.63, 3.8) is 0 Å². The lowest BCUT2D eigenvalue weighted by atomic mass is 9.96. The highest BCUT2D eigenvalue weighted by Gasteiger charge is 2.35. The van der Waals surface area contributed by atoms with Gasteiger partial charge in [-0.2, -0.15) is 0 Å². The van der Waals surface area contributed by atoms with Gasteiger partial charge in [0, 0.05) is 17.2 Å². The van der Waals surface area contributed by atoms with Gasteiger partial charge in [-0.1, -0.05) is 0 Å². The van der Waals surface area contributed by atoms with E-state index in [1.165, 1.54) is 0 Å². The fraction of sp³-hybridized carbons (Fsp3) is 1.00. The van der Waals surface area contributed by atoms with Gasteiger partial charge in [0.1, 0.15) is 0 Å². The van der Waals surface area contributed by atoms with Crippen LogP contribution in [0.3, 0.4) is 0 Å². The van der Waals surface area contributed by atoms with Crippen LogP contribution in [0.2, 0.25) is 0 Å². The summed E-state index contributed by atoms with van der Waals surface area (Å²) in [6.07, 6.45) is 0. The van der Waals surface area contributed by atoms with E-state index in [4.69, 9.17) is 43.5 Å². The summed E-state index contributed by atoms with van der Waals surface area (Å²) in [6, 6.07) is 0. The van der Waals surface area contributed by atoms with Gasteiger partial charge in [-0.05, 0) is 11.2 Å². The smallest absolute Gasteiger partial charge is 0.276 e. The average molecular weight is 237 g/mol. The van der Waals surface area contributed by atoms with Gasteiger partial charge in [0.05, 0.1) is 13.2 Å². The zero-order valence-corrected chi connectivity index (χ0v) is 8.89. The van der Waals surface area contributed by atoms with Crippen LogP contribution in [0.1, 0.15) is 0 Å². The minimum atomic E-state index is -1.21. The number of alkyl halides is 2. The lowest BCUT2D eigenvalue weighted by Gasteiger charge is -2.34. The van der Waals surface area contributed by atoms with Crippen LogP contribution < -0.4 is 0 Å². The molecule has 1 rings (SSSR count). The van der Waals surface area contributed by atoms with E-state index >= 15 is 0 Å².